The van der Waals surface area contributed by atoms with E-state index in [1.165, 1.54) is 25.7 Å². The van der Waals surface area contributed by atoms with Gasteiger partial charge in [0, 0.05) is 36.8 Å². The number of hydrogen-bond donors (Lipinski definition) is 8. The van der Waals surface area contributed by atoms with Crippen LogP contribution >= 0.6 is 0 Å². The van der Waals surface area contributed by atoms with Crippen LogP contribution in [-0.2, 0) is 74.9 Å². The molecule has 96 heavy (non-hydrogen) atoms. The van der Waals surface area contributed by atoms with Gasteiger partial charge in [-0.1, -0.05) is 116 Å². The lowest BCUT2D eigenvalue weighted by Gasteiger charge is -2.47. The molecule has 24 heteroatoms. The Bertz CT molecular complexity index is 2820. The fraction of sp³-hybridized carbons (Fsp3) is 0.778. The van der Waals surface area contributed by atoms with Gasteiger partial charge >= 0.3 is 24.2 Å². The van der Waals surface area contributed by atoms with Crippen LogP contribution in [0.15, 0.2) is 60.7 Å². The molecule has 30 atom stereocenters. The number of nitrogens with one attached hydrogen (secondary N) is 1. The first-order chi connectivity index (χ1) is 45.0. The average Bonchev–Trinajstić information content (AvgIpc) is 1.58. The number of nitrogens with zero attached hydrogens (tertiary/aromatic N) is 1. The highest BCUT2D eigenvalue weighted by Gasteiger charge is 2.61. The van der Waals surface area contributed by atoms with Crippen LogP contribution < -0.4 is 5.32 Å². The van der Waals surface area contributed by atoms with Crippen LogP contribution in [0.25, 0.3) is 0 Å². The van der Waals surface area contributed by atoms with Gasteiger partial charge < -0.3 is 98.1 Å². The van der Waals surface area contributed by atoms with Gasteiger partial charge in [0.1, 0.15) is 42.7 Å². The molecule has 8 rings (SSSR count). The number of benzene rings is 2. The third-order valence-corrected chi connectivity index (χ3v) is 21.7. The fourth-order valence-electron chi connectivity index (χ4n) is 16.0. The van der Waals surface area contributed by atoms with Crippen LogP contribution in [0, 0.1) is 47.3 Å². The van der Waals surface area contributed by atoms with Gasteiger partial charge in [0.2, 0.25) is 0 Å². The summed E-state index contributed by atoms with van der Waals surface area (Å²) in [4.78, 5) is 55.6. The predicted octanol–water partition coefficient (Wildman–Crippen LogP) is 7.12. The van der Waals surface area contributed by atoms with E-state index >= 15 is 0 Å². The van der Waals surface area contributed by atoms with Gasteiger partial charge in [0.15, 0.2) is 18.7 Å². The largest absolute Gasteiger partial charge is 0.509 e. The summed E-state index contributed by atoms with van der Waals surface area (Å²) in [6.45, 7) is 28.2. The molecular weight excluding hydrogens is 1240 g/mol. The molecule has 6 aliphatic rings. The van der Waals surface area contributed by atoms with E-state index in [4.69, 9.17) is 52.1 Å². The van der Waals surface area contributed by atoms with Crippen LogP contribution in [0.4, 0.5) is 9.59 Å². The normalized spacial score (nSPS) is 41.0. The first kappa shape index (κ1) is 78.7. The number of rotatable bonds is 17. The Morgan fingerprint density at radius 2 is 1.03 bits per heavy atom. The second-order valence-electron chi connectivity index (χ2n) is 29.6. The van der Waals surface area contributed by atoms with Crippen LogP contribution in [0.2, 0.25) is 0 Å². The number of carbonyl (C=O) groups is 4. The van der Waals surface area contributed by atoms with E-state index in [0.717, 1.165) is 11.1 Å². The quantitative estimate of drug-likeness (QED) is 0.0577. The molecule has 4 bridgehead atoms. The van der Waals surface area contributed by atoms with Crippen LogP contribution in [0.1, 0.15) is 160 Å². The van der Waals surface area contributed by atoms with Crippen molar-refractivity contribution in [1.82, 2.24) is 10.2 Å². The Kier molecular flexibility index (Phi) is 26.9. The molecule has 10 unspecified atom stereocenters. The summed E-state index contributed by atoms with van der Waals surface area (Å²) in [5.41, 5.74) is -4.05. The van der Waals surface area contributed by atoms with E-state index in [-0.39, 0.29) is 56.5 Å². The molecule has 2 aromatic carbocycles. The molecule has 0 spiro atoms. The number of fused-ring (bicyclic) bond motifs is 4. The molecular formula is C72H114N2O22. The van der Waals surface area contributed by atoms with E-state index in [1.54, 1.807) is 48.7 Å². The Labute approximate surface area is 567 Å². The van der Waals surface area contributed by atoms with Gasteiger partial charge in [0.25, 0.3) is 0 Å². The second kappa shape index (κ2) is 32.8. The fourth-order valence-corrected chi connectivity index (χ4v) is 16.0. The first-order valence-corrected chi connectivity index (χ1v) is 34.7. The summed E-state index contributed by atoms with van der Waals surface area (Å²) in [6.07, 6.45) is -14.2. The lowest BCUT2D eigenvalue weighted by Crippen LogP contribution is -2.61. The lowest BCUT2D eigenvalue weighted by atomic mass is 9.76. The average molecular weight is 1360 g/mol. The molecule has 6 fully saturated rings. The van der Waals surface area contributed by atoms with Crippen molar-refractivity contribution in [2.75, 3.05) is 14.1 Å². The maximum atomic E-state index is 13.8. The van der Waals surface area contributed by atoms with Crippen molar-refractivity contribution in [1.29, 1.82) is 0 Å². The third-order valence-electron chi connectivity index (χ3n) is 21.7. The number of hydrogen-bond acceptors (Lipinski definition) is 23. The van der Waals surface area contributed by atoms with Gasteiger partial charge in [-0.25, -0.2) is 9.59 Å². The van der Waals surface area contributed by atoms with Crippen LogP contribution in [-0.4, -0.2) is 211 Å². The summed E-state index contributed by atoms with van der Waals surface area (Å²) in [7, 11) is 3.34. The summed E-state index contributed by atoms with van der Waals surface area (Å²) >= 11 is 0. The molecule has 0 aliphatic carbocycles. The number of likely N-dealkylation sites (N-methyl/N-ethyl adjacent to an activating group) is 2. The summed E-state index contributed by atoms with van der Waals surface area (Å²) < 4.78 is 68.6. The Morgan fingerprint density at radius 3 is 1.46 bits per heavy atom. The monoisotopic (exact) mass is 1360 g/mol. The number of ether oxygens (including phenoxy) is 11. The van der Waals surface area contributed by atoms with Gasteiger partial charge in [0.05, 0.1) is 90.1 Å². The SMILES string of the molecule is CC[C@@H](O)[C@@](C)(O)[C@@H]1OC(=O)[C@H](C)[C@@H](O)[C@H](C)[C@@H](O[C@@H]2OC(C)CC(N(C)C(=O)OCc3ccccc3)C2OC(=O)OCc2ccccc2)[C@]2(C)CC(C)C(O2)[C@@H]1C.CC[C@@H](O)[C@@](C)(O)[C@@H]1OC(=O)[C@H](C)[C@@H](O)[C@H](C)[C@@H](O[C@@H]2OC(C)CC(NC)C2O)[C@]2(C)CC(C)C(O2)[C@@H]1C. The van der Waals surface area contributed by atoms with Crippen LogP contribution in [0.3, 0.4) is 0 Å². The van der Waals surface area contributed by atoms with E-state index in [0.29, 0.717) is 19.3 Å². The molecule has 24 nitrogen and oxygen atoms in total. The van der Waals surface area contributed by atoms with E-state index in [1.807, 2.05) is 116 Å². The molecule has 0 radical (unpaired) electrons. The molecule has 6 heterocycles. The number of amides is 1. The summed E-state index contributed by atoms with van der Waals surface area (Å²) in [6, 6.07) is 17.3. The van der Waals surface area contributed by atoms with Crippen molar-refractivity contribution in [2.45, 2.75) is 295 Å². The predicted molar refractivity (Wildman–Crippen MR) is 351 cm³/mol. The van der Waals surface area contributed by atoms with E-state index in [2.05, 4.69) is 5.32 Å². The lowest BCUT2D eigenvalue weighted by molar-refractivity contribution is -0.301. The Hall–Kier alpha value is -4.64. The molecule has 2 aromatic rings. The van der Waals surface area contributed by atoms with E-state index in [9.17, 15) is 54.9 Å². The molecule has 6 saturated heterocycles. The molecule has 544 valence electrons. The van der Waals surface area contributed by atoms with Crippen molar-refractivity contribution in [3.63, 3.8) is 0 Å². The number of aliphatic hydroxyl groups is 7. The topological polar surface area (TPSA) is 327 Å². The number of cyclic esters (lactones) is 2. The minimum absolute atomic E-state index is 0.0146. The zero-order valence-corrected chi connectivity index (χ0v) is 59.6. The van der Waals surface area contributed by atoms with Crippen molar-refractivity contribution in [3.05, 3.63) is 71.8 Å². The highest BCUT2D eigenvalue weighted by Crippen LogP contribution is 2.50. The molecule has 8 N–H and O–H groups in total. The van der Waals surface area contributed by atoms with Gasteiger partial charge in [-0.15, -0.1) is 0 Å². The van der Waals surface area contributed by atoms with Gasteiger partial charge in [-0.05, 0) is 124 Å². The zero-order chi connectivity index (χ0) is 71.3. The number of aliphatic hydroxyl groups excluding tert-OH is 5. The standard InChI is InChI=1S/C44H63NO13.C28H51NO9/c1-10-33(46)44(8,51)38-29(6)35-25(2)22-43(7,58-35)37(27(4)34(47)28(5)39(48)56-38)57-40-36(55-42(50)53-24-31-19-15-12-16-20-31)32(21-26(3)54-40)45(9)41(49)52-23-30-17-13-11-14-18-30;1-10-19(30)28(8,34)24-17(6)22-13(2)12-27(7,38-22)23(15(4)20(31)16(5)25(33)36-24)37-26-21(32)18(29-9)11-14(3)35-26/h11-20,25-29,32-38,40,46-47,51H,10,21-24H2,1-9H3;13-24,26,29-32,34H,10-12H2,1-9H3/t25?,26?,27-,28+,29-,32?,33+,34-,35?,36?,37+,38+,40-,43-,44+;13?,14?,15-,16+,17-,18?,19+,20-,21?,22?,23+,24+,26-,27-,28+/m00/s1. The van der Waals surface area contributed by atoms with Crippen LogP contribution in [0.5, 0.6) is 0 Å². The minimum atomic E-state index is -1.83. The second-order valence-corrected chi connectivity index (χ2v) is 29.6. The maximum Gasteiger partial charge on any atom is 0.509 e. The highest BCUT2D eigenvalue weighted by molar-refractivity contribution is 5.73. The van der Waals surface area contributed by atoms with Gasteiger partial charge in [-0.3, -0.25) is 9.59 Å². The first-order valence-electron chi connectivity index (χ1n) is 34.7. The number of esters is 2. The van der Waals surface area contributed by atoms with Crippen molar-refractivity contribution in [3.8, 4) is 0 Å². The molecule has 0 saturated carbocycles. The molecule has 6 aliphatic heterocycles. The highest BCUT2D eigenvalue weighted by atomic mass is 16.8. The Morgan fingerprint density at radius 1 is 0.625 bits per heavy atom. The van der Waals surface area contributed by atoms with E-state index < -0.39 is 180 Å². The van der Waals surface area contributed by atoms with Crippen molar-refractivity contribution < 1.29 is 107 Å². The van der Waals surface area contributed by atoms with Crippen molar-refractivity contribution >= 4 is 24.2 Å². The smallest absolute Gasteiger partial charge is 0.459 e. The molecule has 1 amide bonds. The number of carbonyl (C=O) groups excluding carboxylic acids is 4. The summed E-state index contributed by atoms with van der Waals surface area (Å²) in [5, 5.41) is 82.0. The Balaban J connectivity index is 0.000000296. The van der Waals surface area contributed by atoms with Gasteiger partial charge in [-0.2, -0.15) is 0 Å². The van der Waals surface area contributed by atoms with Crippen molar-refractivity contribution in [2.24, 2.45) is 47.3 Å². The summed E-state index contributed by atoms with van der Waals surface area (Å²) in [5.74, 6) is -6.11. The third kappa shape index (κ3) is 17.6. The maximum absolute atomic E-state index is 13.8. The minimum Gasteiger partial charge on any atom is -0.459 e. The zero-order valence-electron chi connectivity index (χ0n) is 59.6. The molecule has 0 aromatic heterocycles.